The fourth-order valence-electron chi connectivity index (χ4n) is 3.16. The molecule has 0 saturated carbocycles. The first-order valence-electron chi connectivity index (χ1n) is 9.62. The van der Waals surface area contributed by atoms with E-state index in [4.69, 9.17) is 4.74 Å². The summed E-state index contributed by atoms with van der Waals surface area (Å²) in [6.07, 6.45) is 2.71. The zero-order chi connectivity index (χ0) is 22.5. The van der Waals surface area contributed by atoms with Gasteiger partial charge in [-0.25, -0.2) is 4.79 Å². The first-order chi connectivity index (χ1) is 14.9. The molecule has 1 N–H and O–H groups in total. The van der Waals surface area contributed by atoms with E-state index in [0.717, 1.165) is 22.7 Å². The fourth-order valence-corrected chi connectivity index (χ4v) is 5.76. The van der Waals surface area contributed by atoms with Gasteiger partial charge in [0.2, 0.25) is 5.91 Å². The summed E-state index contributed by atoms with van der Waals surface area (Å²) < 4.78 is 6.76. The molecule has 3 rings (SSSR count). The molecule has 10 heteroatoms. The van der Waals surface area contributed by atoms with Crippen LogP contribution in [0.1, 0.15) is 32.6 Å². The van der Waals surface area contributed by atoms with Gasteiger partial charge in [-0.3, -0.25) is 9.36 Å². The van der Waals surface area contributed by atoms with E-state index in [1.54, 1.807) is 23.5 Å². The summed E-state index contributed by atoms with van der Waals surface area (Å²) in [5.74, 6) is 0.217. The maximum atomic E-state index is 12.6. The highest BCUT2D eigenvalue weighted by molar-refractivity contribution is 7.99. The number of anilines is 1. The largest absolute Gasteiger partial charge is 0.465 e. The standard InChI is InChI=1S/C21H24N4O3S3/c1-6-8-25-18(16-10-29-13(4)14(16)7-2)23-24-21(25)30-11-17(26)22-19-15(20(27)28-5)9-12(3)31-19/h6,9-10H,1,7-8,11H2,2-5H3,(H,22,26). The van der Waals surface area contributed by atoms with Crippen LogP contribution in [0.2, 0.25) is 0 Å². The van der Waals surface area contributed by atoms with E-state index >= 15 is 0 Å². The lowest BCUT2D eigenvalue weighted by molar-refractivity contribution is -0.113. The second-order valence-electron chi connectivity index (χ2n) is 6.67. The van der Waals surface area contributed by atoms with Gasteiger partial charge in [0.15, 0.2) is 11.0 Å². The average molecular weight is 477 g/mol. The van der Waals surface area contributed by atoms with Crippen molar-refractivity contribution in [2.75, 3.05) is 18.2 Å². The fraction of sp³-hybridized carbons (Fsp3) is 0.333. The maximum absolute atomic E-state index is 12.6. The number of hydrogen-bond acceptors (Lipinski definition) is 8. The summed E-state index contributed by atoms with van der Waals surface area (Å²) in [6.45, 7) is 10.5. The second kappa shape index (κ2) is 10.3. The van der Waals surface area contributed by atoms with Crippen LogP contribution in [0.3, 0.4) is 0 Å². The Balaban J connectivity index is 1.76. The van der Waals surface area contributed by atoms with Crippen LogP contribution in [0.15, 0.2) is 29.3 Å². The highest BCUT2D eigenvalue weighted by Gasteiger charge is 2.20. The predicted molar refractivity (Wildman–Crippen MR) is 127 cm³/mol. The molecular formula is C21H24N4O3S3. The number of methoxy groups -OCH3 is 1. The number of hydrogen-bond donors (Lipinski definition) is 1. The van der Waals surface area contributed by atoms with Crippen molar-refractivity contribution in [3.63, 3.8) is 0 Å². The molecule has 0 atom stereocenters. The minimum Gasteiger partial charge on any atom is -0.465 e. The third-order valence-corrected chi connectivity index (χ3v) is 7.46. The first kappa shape index (κ1) is 23.2. The molecule has 0 aliphatic heterocycles. The Morgan fingerprint density at radius 2 is 2.13 bits per heavy atom. The van der Waals surface area contributed by atoms with Gasteiger partial charge in [0, 0.05) is 27.2 Å². The lowest BCUT2D eigenvalue weighted by Crippen LogP contribution is -2.16. The van der Waals surface area contributed by atoms with Gasteiger partial charge in [0.25, 0.3) is 0 Å². The van der Waals surface area contributed by atoms with Gasteiger partial charge in [-0.2, -0.15) is 0 Å². The SMILES string of the molecule is C=CCn1c(SCC(=O)Nc2sc(C)cc2C(=O)OC)nnc1-c1csc(C)c1CC. The number of thioether (sulfide) groups is 1. The van der Waals surface area contributed by atoms with Crippen LogP contribution in [-0.2, 0) is 22.5 Å². The zero-order valence-electron chi connectivity index (χ0n) is 17.9. The van der Waals surface area contributed by atoms with Gasteiger partial charge in [0.05, 0.1) is 18.4 Å². The molecule has 1 amide bonds. The van der Waals surface area contributed by atoms with E-state index in [0.29, 0.717) is 22.3 Å². The Hall–Kier alpha value is -2.43. The van der Waals surface area contributed by atoms with Crippen molar-refractivity contribution in [2.45, 2.75) is 38.9 Å². The monoisotopic (exact) mass is 476 g/mol. The topological polar surface area (TPSA) is 86.1 Å². The molecule has 0 saturated heterocycles. The Morgan fingerprint density at radius 3 is 2.81 bits per heavy atom. The molecule has 3 aromatic rings. The van der Waals surface area contributed by atoms with Gasteiger partial charge in [-0.1, -0.05) is 24.8 Å². The number of carbonyl (C=O) groups excluding carboxylic acids is 2. The van der Waals surface area contributed by atoms with Crippen LogP contribution >= 0.6 is 34.4 Å². The Labute approximate surface area is 193 Å². The smallest absolute Gasteiger partial charge is 0.340 e. The van der Waals surface area contributed by atoms with E-state index < -0.39 is 5.97 Å². The van der Waals surface area contributed by atoms with Gasteiger partial charge in [0.1, 0.15) is 5.00 Å². The Kier molecular flexibility index (Phi) is 7.69. The van der Waals surface area contributed by atoms with Crippen LogP contribution in [0.4, 0.5) is 5.00 Å². The average Bonchev–Trinajstić information content (AvgIpc) is 3.42. The first-order valence-corrected chi connectivity index (χ1v) is 12.3. The van der Waals surface area contributed by atoms with Crippen LogP contribution in [0.5, 0.6) is 0 Å². The second-order valence-corrected chi connectivity index (χ2v) is 9.95. The molecule has 31 heavy (non-hydrogen) atoms. The summed E-state index contributed by atoms with van der Waals surface area (Å²) in [5.41, 5.74) is 2.70. The Bertz CT molecular complexity index is 1110. The number of aromatic nitrogens is 3. The van der Waals surface area contributed by atoms with Crippen molar-refractivity contribution in [3.8, 4) is 11.4 Å². The van der Waals surface area contributed by atoms with E-state index in [9.17, 15) is 9.59 Å². The zero-order valence-corrected chi connectivity index (χ0v) is 20.3. The van der Waals surface area contributed by atoms with Crippen molar-refractivity contribution in [3.05, 3.63) is 45.0 Å². The molecule has 7 nitrogen and oxygen atoms in total. The van der Waals surface area contributed by atoms with Crippen LogP contribution in [0, 0.1) is 13.8 Å². The van der Waals surface area contributed by atoms with E-state index in [2.05, 4.69) is 41.3 Å². The number of ether oxygens (including phenoxy) is 1. The summed E-state index contributed by atoms with van der Waals surface area (Å²) in [6, 6.07) is 1.71. The summed E-state index contributed by atoms with van der Waals surface area (Å²) in [4.78, 5) is 26.7. The summed E-state index contributed by atoms with van der Waals surface area (Å²) >= 11 is 4.34. The quantitative estimate of drug-likeness (QED) is 0.267. The van der Waals surface area contributed by atoms with Crippen molar-refractivity contribution >= 4 is 51.3 Å². The molecule has 0 radical (unpaired) electrons. The molecule has 164 valence electrons. The van der Waals surface area contributed by atoms with Gasteiger partial charge in [-0.15, -0.1) is 39.4 Å². The predicted octanol–water partition coefficient (Wildman–Crippen LogP) is 4.95. The highest BCUT2D eigenvalue weighted by atomic mass is 32.2. The van der Waals surface area contributed by atoms with Crippen molar-refractivity contribution in [2.24, 2.45) is 0 Å². The lowest BCUT2D eigenvalue weighted by atomic mass is 10.1. The van der Waals surface area contributed by atoms with Crippen LogP contribution in [0.25, 0.3) is 11.4 Å². The van der Waals surface area contributed by atoms with Gasteiger partial charge >= 0.3 is 5.97 Å². The van der Waals surface area contributed by atoms with E-state index in [1.807, 2.05) is 11.5 Å². The number of aryl methyl sites for hydroxylation is 2. The molecule has 0 aromatic carbocycles. The van der Waals surface area contributed by atoms with Crippen molar-refractivity contribution in [1.29, 1.82) is 0 Å². The minimum absolute atomic E-state index is 0.135. The summed E-state index contributed by atoms with van der Waals surface area (Å²) in [5, 5.41) is 14.8. The summed E-state index contributed by atoms with van der Waals surface area (Å²) in [7, 11) is 1.32. The molecular weight excluding hydrogens is 452 g/mol. The molecule has 3 aromatic heterocycles. The van der Waals surface area contributed by atoms with E-state index in [-0.39, 0.29) is 11.7 Å². The van der Waals surface area contributed by atoms with Crippen LogP contribution in [-0.4, -0.2) is 39.5 Å². The van der Waals surface area contributed by atoms with Gasteiger partial charge < -0.3 is 10.1 Å². The number of thiophene rings is 2. The number of nitrogens with one attached hydrogen (secondary N) is 1. The molecule has 3 heterocycles. The lowest BCUT2D eigenvalue weighted by Gasteiger charge is -2.09. The number of allylic oxidation sites excluding steroid dienone is 1. The maximum Gasteiger partial charge on any atom is 0.340 e. The normalized spacial score (nSPS) is 10.8. The molecule has 0 unspecified atom stereocenters. The molecule has 0 spiro atoms. The number of rotatable bonds is 9. The minimum atomic E-state index is -0.472. The number of esters is 1. The molecule has 0 aliphatic carbocycles. The van der Waals surface area contributed by atoms with Crippen molar-refractivity contribution < 1.29 is 14.3 Å². The highest BCUT2D eigenvalue weighted by Crippen LogP contribution is 2.33. The third kappa shape index (κ3) is 5.08. The molecule has 0 bridgehead atoms. The number of amides is 1. The van der Waals surface area contributed by atoms with Gasteiger partial charge in [-0.05, 0) is 31.9 Å². The van der Waals surface area contributed by atoms with Crippen LogP contribution < -0.4 is 5.32 Å². The third-order valence-electron chi connectivity index (χ3n) is 4.57. The number of nitrogens with zero attached hydrogens (tertiary/aromatic N) is 3. The number of carbonyl (C=O) groups is 2. The van der Waals surface area contributed by atoms with E-state index in [1.165, 1.54) is 40.6 Å². The molecule has 0 fully saturated rings. The van der Waals surface area contributed by atoms with Crippen molar-refractivity contribution in [1.82, 2.24) is 14.8 Å². The molecule has 0 aliphatic rings. The Morgan fingerprint density at radius 1 is 1.35 bits per heavy atom.